The molecule has 0 saturated carbocycles. The summed E-state index contributed by atoms with van der Waals surface area (Å²) in [5, 5.41) is 13.3. The molecule has 0 aliphatic carbocycles. The van der Waals surface area contributed by atoms with E-state index in [9.17, 15) is 0 Å². The lowest BCUT2D eigenvalue weighted by Crippen LogP contribution is -2.04. The van der Waals surface area contributed by atoms with Crippen LogP contribution in [0.5, 0.6) is 0 Å². The van der Waals surface area contributed by atoms with Crippen molar-refractivity contribution in [3.63, 3.8) is 0 Å². The summed E-state index contributed by atoms with van der Waals surface area (Å²) in [6.07, 6.45) is 2.18. The topological polar surface area (TPSA) is 38.0 Å². The average Bonchev–Trinajstić information content (AvgIpc) is 2.34. The minimum Gasteiger partial charge on any atom is -0.396 e. The minimum absolute atomic E-state index is 0.116. The van der Waals surface area contributed by atoms with E-state index in [4.69, 9.17) is 16.7 Å². The molecular weight excluding hydrogens is 164 g/mol. The van der Waals surface area contributed by atoms with Crippen molar-refractivity contribution in [2.24, 2.45) is 0 Å². The number of aliphatic hydroxyl groups is 1. The normalized spacial score (nSPS) is 10.5. The number of halogens is 1. The van der Waals surface area contributed by atoms with Gasteiger partial charge in [-0.1, -0.05) is 11.6 Å². The van der Waals surface area contributed by atoms with E-state index >= 15 is 0 Å². The highest BCUT2D eigenvalue weighted by Crippen LogP contribution is 2.14. The molecule has 0 amide bonds. The number of nitrogens with zero attached hydrogens (tertiary/aromatic N) is 2. The van der Waals surface area contributed by atoms with Crippen molar-refractivity contribution in [3.8, 4) is 0 Å². The van der Waals surface area contributed by atoms with Gasteiger partial charge in [-0.05, 0) is 6.92 Å². The summed E-state index contributed by atoms with van der Waals surface area (Å²) in [5.74, 6) is 0. The molecule has 1 rings (SSSR count). The first-order chi connectivity index (χ1) is 5.29. The van der Waals surface area contributed by atoms with E-state index in [1.165, 1.54) is 0 Å². The van der Waals surface area contributed by atoms with E-state index in [1.54, 1.807) is 10.9 Å². The van der Waals surface area contributed by atoms with E-state index in [0.717, 1.165) is 12.2 Å². The van der Waals surface area contributed by atoms with Gasteiger partial charge in [0.05, 0.1) is 16.9 Å². The molecule has 62 valence electrons. The number of hydrogen-bond acceptors (Lipinski definition) is 2. The van der Waals surface area contributed by atoms with Gasteiger partial charge in [-0.25, -0.2) is 0 Å². The number of aryl methyl sites for hydroxylation is 1. The molecule has 0 bridgehead atoms. The van der Waals surface area contributed by atoms with Gasteiger partial charge in [-0.15, -0.1) is 0 Å². The molecule has 0 radical (unpaired) electrons. The number of hydrogen-bond donors (Lipinski definition) is 1. The zero-order valence-corrected chi connectivity index (χ0v) is 7.17. The Labute approximate surface area is 70.6 Å². The lowest BCUT2D eigenvalue weighted by Gasteiger charge is -2.01. The second kappa shape index (κ2) is 3.74. The van der Waals surface area contributed by atoms with Crippen LogP contribution in [0, 0.1) is 0 Å². The summed E-state index contributed by atoms with van der Waals surface area (Å²) in [7, 11) is 0. The predicted molar refractivity (Wildman–Crippen MR) is 43.7 cm³/mol. The lowest BCUT2D eigenvalue weighted by molar-refractivity contribution is 0.295. The van der Waals surface area contributed by atoms with E-state index in [1.807, 2.05) is 6.92 Å². The van der Waals surface area contributed by atoms with Gasteiger partial charge in [0, 0.05) is 19.6 Å². The average molecular weight is 175 g/mol. The Hall–Kier alpha value is -0.540. The van der Waals surface area contributed by atoms with Gasteiger partial charge in [0.1, 0.15) is 0 Å². The molecule has 0 spiro atoms. The smallest absolute Gasteiger partial charge is 0.0818 e. The molecule has 0 saturated heterocycles. The predicted octanol–water partition coefficient (Wildman–Crippen LogP) is 1.09. The van der Waals surface area contributed by atoms with Crippen LogP contribution in [0.1, 0.15) is 12.6 Å². The minimum atomic E-state index is 0.116. The van der Waals surface area contributed by atoms with Gasteiger partial charge in [-0.3, -0.25) is 4.68 Å². The number of aromatic nitrogens is 2. The van der Waals surface area contributed by atoms with Crippen molar-refractivity contribution < 1.29 is 5.11 Å². The summed E-state index contributed by atoms with van der Waals surface area (Å²) in [5.41, 5.74) is 0.914. The fourth-order valence-corrected chi connectivity index (χ4v) is 1.25. The van der Waals surface area contributed by atoms with E-state index in [2.05, 4.69) is 5.10 Å². The number of aliphatic hydroxyl groups excluding tert-OH is 1. The molecular formula is C7H11ClN2O. The van der Waals surface area contributed by atoms with Gasteiger partial charge >= 0.3 is 0 Å². The molecule has 0 fully saturated rings. The van der Waals surface area contributed by atoms with E-state index in [-0.39, 0.29) is 6.61 Å². The van der Waals surface area contributed by atoms with Gasteiger partial charge in [0.25, 0.3) is 0 Å². The fourth-order valence-electron chi connectivity index (χ4n) is 1.01. The van der Waals surface area contributed by atoms with Gasteiger partial charge < -0.3 is 5.11 Å². The summed E-state index contributed by atoms with van der Waals surface area (Å²) in [6, 6.07) is 0. The van der Waals surface area contributed by atoms with Gasteiger partial charge in [0.15, 0.2) is 0 Å². The van der Waals surface area contributed by atoms with Crippen LogP contribution in [-0.4, -0.2) is 21.5 Å². The van der Waals surface area contributed by atoms with E-state index in [0.29, 0.717) is 11.4 Å². The molecule has 1 aromatic heterocycles. The highest BCUT2D eigenvalue weighted by atomic mass is 35.5. The molecule has 3 nitrogen and oxygen atoms in total. The van der Waals surface area contributed by atoms with Gasteiger partial charge in [-0.2, -0.15) is 5.10 Å². The summed E-state index contributed by atoms with van der Waals surface area (Å²) in [6.45, 7) is 2.90. The fraction of sp³-hybridized carbons (Fsp3) is 0.571. The van der Waals surface area contributed by atoms with Crippen LogP contribution < -0.4 is 0 Å². The standard InChI is InChI=1S/C7H11ClN2O/c1-2-10-7(3-4-11)6(8)5-9-10/h5,11H,2-4H2,1H3. The summed E-state index contributed by atoms with van der Waals surface area (Å²) in [4.78, 5) is 0. The second-order valence-electron chi connectivity index (χ2n) is 2.23. The van der Waals surface area contributed by atoms with Crippen LogP contribution in [0.15, 0.2) is 6.20 Å². The highest BCUT2D eigenvalue weighted by molar-refractivity contribution is 6.31. The zero-order valence-electron chi connectivity index (χ0n) is 6.42. The van der Waals surface area contributed by atoms with Crippen molar-refractivity contribution in [2.75, 3.05) is 6.61 Å². The molecule has 0 aromatic carbocycles. The Kier molecular flexibility index (Phi) is 2.91. The summed E-state index contributed by atoms with van der Waals surface area (Å²) >= 11 is 5.81. The molecule has 1 N–H and O–H groups in total. The largest absolute Gasteiger partial charge is 0.396 e. The molecule has 4 heteroatoms. The molecule has 1 aromatic rings. The Balaban J connectivity index is 2.88. The van der Waals surface area contributed by atoms with Crippen molar-refractivity contribution >= 4 is 11.6 Å². The third kappa shape index (κ3) is 1.73. The van der Waals surface area contributed by atoms with Crippen LogP contribution in [0.2, 0.25) is 5.02 Å². The molecule has 0 unspecified atom stereocenters. The van der Waals surface area contributed by atoms with Crippen LogP contribution in [0.25, 0.3) is 0 Å². The van der Waals surface area contributed by atoms with Crippen molar-refractivity contribution in [2.45, 2.75) is 19.9 Å². The van der Waals surface area contributed by atoms with E-state index < -0.39 is 0 Å². The van der Waals surface area contributed by atoms with Crippen molar-refractivity contribution in [1.29, 1.82) is 0 Å². The molecule has 0 aliphatic heterocycles. The molecule has 0 atom stereocenters. The SMILES string of the molecule is CCn1ncc(Cl)c1CCO. The molecule has 0 aliphatic rings. The maximum atomic E-state index is 8.68. The highest BCUT2D eigenvalue weighted by Gasteiger charge is 2.05. The maximum absolute atomic E-state index is 8.68. The number of rotatable bonds is 3. The zero-order chi connectivity index (χ0) is 8.27. The molecule has 1 heterocycles. The quantitative estimate of drug-likeness (QED) is 0.745. The third-order valence-electron chi connectivity index (χ3n) is 1.55. The first-order valence-corrected chi connectivity index (χ1v) is 3.98. The van der Waals surface area contributed by atoms with Gasteiger partial charge in [0.2, 0.25) is 0 Å². The van der Waals surface area contributed by atoms with Crippen LogP contribution >= 0.6 is 11.6 Å². The lowest BCUT2D eigenvalue weighted by atomic mass is 10.3. The maximum Gasteiger partial charge on any atom is 0.0818 e. The Bertz CT molecular complexity index is 234. The first kappa shape index (κ1) is 8.56. The van der Waals surface area contributed by atoms with Crippen molar-refractivity contribution in [3.05, 3.63) is 16.9 Å². The molecule has 11 heavy (non-hydrogen) atoms. The Morgan fingerprint density at radius 2 is 2.45 bits per heavy atom. The first-order valence-electron chi connectivity index (χ1n) is 3.60. The Morgan fingerprint density at radius 1 is 1.73 bits per heavy atom. The van der Waals surface area contributed by atoms with Crippen LogP contribution in [0.4, 0.5) is 0 Å². The third-order valence-corrected chi connectivity index (χ3v) is 1.86. The monoisotopic (exact) mass is 174 g/mol. The van der Waals surface area contributed by atoms with Crippen LogP contribution in [0.3, 0.4) is 0 Å². The second-order valence-corrected chi connectivity index (χ2v) is 2.64. The van der Waals surface area contributed by atoms with Crippen LogP contribution in [-0.2, 0) is 13.0 Å². The Morgan fingerprint density at radius 3 is 3.00 bits per heavy atom. The van der Waals surface area contributed by atoms with Crippen molar-refractivity contribution in [1.82, 2.24) is 9.78 Å². The summed E-state index contributed by atoms with van der Waals surface area (Å²) < 4.78 is 1.79.